The maximum Gasteiger partial charge on any atom is 0.237 e. The lowest BCUT2D eigenvalue weighted by Crippen LogP contribution is -2.35. The lowest BCUT2D eigenvalue weighted by atomic mass is 10.1. The Balaban J connectivity index is 1.63. The van der Waals surface area contributed by atoms with E-state index in [9.17, 15) is 9.59 Å². The van der Waals surface area contributed by atoms with Gasteiger partial charge in [0.2, 0.25) is 17.6 Å². The molecule has 2 heterocycles. The molecule has 3 rings (SSSR count). The first-order chi connectivity index (χ1) is 12.6. The Bertz CT molecular complexity index is 736. The highest BCUT2D eigenvalue weighted by Gasteiger charge is 2.20. The Labute approximate surface area is 155 Å². The molecule has 3 N–H and O–H groups in total. The molecule has 0 aromatic carbocycles. The van der Waals surface area contributed by atoms with E-state index in [1.54, 1.807) is 16.7 Å². The van der Waals surface area contributed by atoms with Crippen LogP contribution in [0.15, 0.2) is 28.0 Å². The number of carbonyl (C=O) groups excluding carboxylic acids is 2. The Hall–Kier alpha value is -2.29. The molecule has 140 valence electrons. The van der Waals surface area contributed by atoms with Gasteiger partial charge >= 0.3 is 0 Å². The first-order valence-corrected chi connectivity index (χ1v) is 9.79. The van der Waals surface area contributed by atoms with E-state index in [1.165, 1.54) is 30.9 Å². The second kappa shape index (κ2) is 8.88. The third-order valence-corrected chi connectivity index (χ3v) is 5.29. The fourth-order valence-corrected chi connectivity index (χ4v) is 3.85. The van der Waals surface area contributed by atoms with Crippen LogP contribution in [0.2, 0.25) is 0 Å². The van der Waals surface area contributed by atoms with E-state index in [0.717, 1.165) is 25.7 Å². The molecule has 2 aromatic rings. The van der Waals surface area contributed by atoms with Gasteiger partial charge in [0.1, 0.15) is 6.54 Å². The number of nitrogens with one attached hydrogen (secondary N) is 1. The van der Waals surface area contributed by atoms with Gasteiger partial charge in [0.25, 0.3) is 0 Å². The van der Waals surface area contributed by atoms with E-state index in [2.05, 4.69) is 15.5 Å². The minimum atomic E-state index is -0.512. The summed E-state index contributed by atoms with van der Waals surface area (Å²) in [6.45, 7) is -0.0738. The Morgan fingerprint density at radius 1 is 1.27 bits per heavy atom. The van der Waals surface area contributed by atoms with Crippen LogP contribution in [-0.2, 0) is 16.1 Å². The Morgan fingerprint density at radius 3 is 2.69 bits per heavy atom. The van der Waals surface area contributed by atoms with Crippen LogP contribution in [0.4, 0.5) is 0 Å². The van der Waals surface area contributed by atoms with E-state index in [4.69, 9.17) is 10.2 Å². The quantitative estimate of drug-likeness (QED) is 0.563. The summed E-state index contributed by atoms with van der Waals surface area (Å²) >= 11 is 1.24. The van der Waals surface area contributed by atoms with Crippen molar-refractivity contribution in [3.05, 3.63) is 18.4 Å². The summed E-state index contributed by atoms with van der Waals surface area (Å²) in [6, 6.07) is 3.72. The molecule has 1 fully saturated rings. The second-order valence-corrected chi connectivity index (χ2v) is 7.32. The number of thioether (sulfide) groups is 1. The van der Waals surface area contributed by atoms with Crippen LogP contribution in [0.3, 0.4) is 0 Å². The zero-order valence-electron chi connectivity index (χ0n) is 14.5. The van der Waals surface area contributed by atoms with Gasteiger partial charge in [-0.05, 0) is 25.0 Å². The third kappa shape index (κ3) is 4.87. The molecule has 26 heavy (non-hydrogen) atoms. The van der Waals surface area contributed by atoms with Gasteiger partial charge in [-0.3, -0.25) is 14.2 Å². The normalized spacial score (nSPS) is 15.5. The molecule has 0 radical (unpaired) electrons. The number of hydrogen-bond donors (Lipinski definition) is 2. The van der Waals surface area contributed by atoms with Crippen LogP contribution in [0.25, 0.3) is 11.6 Å². The first kappa shape index (κ1) is 18.5. The monoisotopic (exact) mass is 377 g/mol. The molecule has 0 saturated heterocycles. The summed E-state index contributed by atoms with van der Waals surface area (Å²) in [5.41, 5.74) is 5.33. The number of hydrogen-bond acceptors (Lipinski definition) is 6. The zero-order valence-corrected chi connectivity index (χ0v) is 15.3. The topological polar surface area (TPSA) is 116 Å². The van der Waals surface area contributed by atoms with Gasteiger partial charge in [-0.1, -0.05) is 37.4 Å². The predicted molar refractivity (Wildman–Crippen MR) is 97.3 cm³/mol. The highest BCUT2D eigenvalue weighted by molar-refractivity contribution is 7.99. The standard InChI is InChI=1S/C17H23N5O3S/c18-14(23)10-22-16(13-8-5-9-25-13)20-21-17(22)26-11-15(24)19-12-6-3-1-2-4-7-12/h5,8-9,12H,1-4,6-7,10-11H2,(H2,18,23)(H,19,24). The zero-order chi connectivity index (χ0) is 18.4. The summed E-state index contributed by atoms with van der Waals surface area (Å²) < 4.78 is 6.90. The number of rotatable bonds is 7. The summed E-state index contributed by atoms with van der Waals surface area (Å²) in [5.74, 6) is 0.581. The molecule has 0 unspecified atom stereocenters. The summed E-state index contributed by atoms with van der Waals surface area (Å²) in [5, 5.41) is 11.7. The van der Waals surface area contributed by atoms with Gasteiger partial charge in [0.15, 0.2) is 10.9 Å². The molecular weight excluding hydrogens is 354 g/mol. The van der Waals surface area contributed by atoms with Crippen molar-refractivity contribution in [3.8, 4) is 11.6 Å². The lowest BCUT2D eigenvalue weighted by molar-refractivity contribution is -0.119. The number of nitrogens with zero attached hydrogens (tertiary/aromatic N) is 3. The summed E-state index contributed by atoms with van der Waals surface area (Å²) in [7, 11) is 0. The molecule has 0 atom stereocenters. The average molecular weight is 377 g/mol. The Morgan fingerprint density at radius 2 is 2.04 bits per heavy atom. The Kier molecular flexibility index (Phi) is 6.32. The maximum absolute atomic E-state index is 12.3. The minimum Gasteiger partial charge on any atom is -0.461 e. The van der Waals surface area contributed by atoms with Crippen molar-refractivity contribution in [3.63, 3.8) is 0 Å². The molecule has 2 aromatic heterocycles. The molecule has 0 aliphatic heterocycles. The fraction of sp³-hybridized carbons (Fsp3) is 0.529. The van der Waals surface area contributed by atoms with Gasteiger partial charge in [-0.15, -0.1) is 10.2 Å². The van der Waals surface area contributed by atoms with Gasteiger partial charge in [0, 0.05) is 6.04 Å². The van der Waals surface area contributed by atoms with Crippen molar-refractivity contribution < 1.29 is 14.0 Å². The molecule has 1 aliphatic carbocycles. The van der Waals surface area contributed by atoms with Crippen molar-refractivity contribution in [2.75, 3.05) is 5.75 Å². The highest BCUT2D eigenvalue weighted by Crippen LogP contribution is 2.24. The molecule has 9 heteroatoms. The number of aromatic nitrogens is 3. The van der Waals surface area contributed by atoms with Crippen LogP contribution in [-0.4, -0.2) is 38.4 Å². The van der Waals surface area contributed by atoms with E-state index < -0.39 is 5.91 Å². The van der Waals surface area contributed by atoms with E-state index >= 15 is 0 Å². The molecule has 1 saturated carbocycles. The van der Waals surface area contributed by atoms with Crippen LogP contribution in [0.1, 0.15) is 38.5 Å². The van der Waals surface area contributed by atoms with E-state index in [-0.39, 0.29) is 24.2 Å². The maximum atomic E-state index is 12.3. The van der Waals surface area contributed by atoms with Crippen LogP contribution >= 0.6 is 11.8 Å². The van der Waals surface area contributed by atoms with Crippen molar-refractivity contribution in [2.45, 2.75) is 56.3 Å². The fourth-order valence-electron chi connectivity index (χ4n) is 3.11. The number of furan rings is 1. The number of amides is 2. The van der Waals surface area contributed by atoms with Gasteiger partial charge in [0.05, 0.1) is 12.0 Å². The second-order valence-electron chi connectivity index (χ2n) is 6.38. The smallest absolute Gasteiger partial charge is 0.237 e. The lowest BCUT2D eigenvalue weighted by Gasteiger charge is -2.15. The van der Waals surface area contributed by atoms with Gasteiger partial charge in [-0.25, -0.2) is 0 Å². The summed E-state index contributed by atoms with van der Waals surface area (Å²) in [4.78, 5) is 23.7. The van der Waals surface area contributed by atoms with Crippen molar-refractivity contribution >= 4 is 23.6 Å². The molecule has 0 spiro atoms. The molecular formula is C17H23N5O3S. The highest BCUT2D eigenvalue weighted by atomic mass is 32.2. The first-order valence-electron chi connectivity index (χ1n) is 8.81. The van der Waals surface area contributed by atoms with Gasteiger partial charge < -0.3 is 15.5 Å². The number of nitrogens with two attached hydrogens (primary N) is 1. The number of primary amides is 1. The SMILES string of the molecule is NC(=O)Cn1c(SCC(=O)NC2CCCCCC2)nnc1-c1ccco1. The molecule has 8 nitrogen and oxygen atoms in total. The molecule has 2 amide bonds. The van der Waals surface area contributed by atoms with E-state index in [0.29, 0.717) is 16.7 Å². The molecule has 0 bridgehead atoms. The summed E-state index contributed by atoms with van der Waals surface area (Å²) in [6.07, 6.45) is 8.41. The van der Waals surface area contributed by atoms with Crippen molar-refractivity contribution in [1.82, 2.24) is 20.1 Å². The largest absolute Gasteiger partial charge is 0.461 e. The van der Waals surface area contributed by atoms with Crippen molar-refractivity contribution in [2.24, 2.45) is 5.73 Å². The van der Waals surface area contributed by atoms with Crippen molar-refractivity contribution in [1.29, 1.82) is 0 Å². The minimum absolute atomic E-state index is 0.0323. The third-order valence-electron chi connectivity index (χ3n) is 4.32. The van der Waals surface area contributed by atoms with Gasteiger partial charge in [-0.2, -0.15) is 0 Å². The van der Waals surface area contributed by atoms with Crippen LogP contribution in [0.5, 0.6) is 0 Å². The average Bonchev–Trinajstić information content (AvgIpc) is 3.18. The molecule has 1 aliphatic rings. The predicted octanol–water partition coefficient (Wildman–Crippen LogP) is 1.95. The van der Waals surface area contributed by atoms with Crippen LogP contribution in [0, 0.1) is 0 Å². The van der Waals surface area contributed by atoms with E-state index in [1.807, 2.05) is 0 Å². The number of carbonyl (C=O) groups is 2. The van der Waals surface area contributed by atoms with Crippen LogP contribution < -0.4 is 11.1 Å².